The predicted molar refractivity (Wildman–Crippen MR) is 83.5 cm³/mol. The van der Waals surface area contributed by atoms with Gasteiger partial charge in [0, 0.05) is 29.9 Å². The zero-order chi connectivity index (χ0) is 14.1. The molecule has 20 heavy (non-hydrogen) atoms. The number of halogens is 1. The Labute approximate surface area is 123 Å². The molecule has 0 bridgehead atoms. The lowest BCUT2D eigenvalue weighted by atomic mass is 10.1. The average molecular weight is 286 g/mol. The number of para-hydroxylation sites is 1. The van der Waals surface area contributed by atoms with E-state index in [-0.39, 0.29) is 5.82 Å². The van der Waals surface area contributed by atoms with E-state index in [1.165, 1.54) is 17.3 Å². The van der Waals surface area contributed by atoms with Crippen LogP contribution in [0.15, 0.2) is 42.5 Å². The van der Waals surface area contributed by atoms with Gasteiger partial charge in [-0.25, -0.2) is 4.39 Å². The van der Waals surface area contributed by atoms with Gasteiger partial charge < -0.3 is 10.6 Å². The monoisotopic (exact) mass is 286 g/mol. The van der Waals surface area contributed by atoms with Crippen LogP contribution in [0.4, 0.5) is 10.1 Å². The summed E-state index contributed by atoms with van der Waals surface area (Å²) in [5.74, 6) is -0.214. The highest BCUT2D eigenvalue weighted by Gasteiger charge is 2.19. The van der Waals surface area contributed by atoms with E-state index in [0.29, 0.717) is 22.7 Å². The van der Waals surface area contributed by atoms with Crippen molar-refractivity contribution in [2.75, 3.05) is 11.4 Å². The first-order chi connectivity index (χ1) is 9.65. The fraction of sp³-hybridized carbons (Fsp3) is 0.188. The highest BCUT2D eigenvalue weighted by molar-refractivity contribution is 7.80. The minimum absolute atomic E-state index is 0.214. The maximum atomic E-state index is 14.0. The molecule has 2 aromatic rings. The summed E-state index contributed by atoms with van der Waals surface area (Å²) < 4.78 is 14.0. The fourth-order valence-corrected chi connectivity index (χ4v) is 2.75. The molecule has 1 aliphatic rings. The van der Waals surface area contributed by atoms with Gasteiger partial charge in [-0.2, -0.15) is 0 Å². The largest absolute Gasteiger partial charge is 0.389 e. The van der Waals surface area contributed by atoms with Gasteiger partial charge in [0.05, 0.1) is 0 Å². The molecule has 102 valence electrons. The van der Waals surface area contributed by atoms with Gasteiger partial charge in [0.2, 0.25) is 0 Å². The first kappa shape index (κ1) is 13.1. The molecule has 2 nitrogen and oxygen atoms in total. The van der Waals surface area contributed by atoms with E-state index >= 15 is 0 Å². The molecule has 1 heterocycles. The standard InChI is InChI=1S/C16H15FN2S/c17-14-6-5-12(16(18)20)9-13(14)10-19-8-7-11-3-1-2-4-15(11)19/h1-6,9H,7-8,10H2,(H2,18,20). The molecule has 0 saturated carbocycles. The number of thiocarbonyl (C=S) groups is 1. The minimum atomic E-state index is -0.214. The van der Waals surface area contributed by atoms with Crippen LogP contribution in [0, 0.1) is 5.82 Å². The van der Waals surface area contributed by atoms with Crippen LogP contribution in [0.2, 0.25) is 0 Å². The van der Waals surface area contributed by atoms with E-state index in [1.807, 2.05) is 12.1 Å². The third-order valence-electron chi connectivity index (χ3n) is 3.67. The Morgan fingerprint density at radius 3 is 2.85 bits per heavy atom. The predicted octanol–water partition coefficient (Wildman–Crippen LogP) is 3.02. The third kappa shape index (κ3) is 2.39. The molecular weight excluding hydrogens is 271 g/mol. The van der Waals surface area contributed by atoms with Crippen LogP contribution >= 0.6 is 12.2 Å². The van der Waals surface area contributed by atoms with Gasteiger partial charge in [-0.05, 0) is 36.2 Å². The smallest absolute Gasteiger partial charge is 0.128 e. The van der Waals surface area contributed by atoms with Crippen LogP contribution in [-0.4, -0.2) is 11.5 Å². The number of hydrogen-bond acceptors (Lipinski definition) is 2. The lowest BCUT2D eigenvalue weighted by Gasteiger charge is -2.20. The lowest BCUT2D eigenvalue weighted by Crippen LogP contribution is -2.21. The number of rotatable bonds is 3. The van der Waals surface area contributed by atoms with Crippen LogP contribution in [-0.2, 0) is 13.0 Å². The molecule has 0 fully saturated rings. The molecule has 2 N–H and O–H groups in total. The second-order valence-electron chi connectivity index (χ2n) is 4.97. The zero-order valence-corrected chi connectivity index (χ0v) is 11.8. The first-order valence-corrected chi connectivity index (χ1v) is 6.97. The lowest BCUT2D eigenvalue weighted by molar-refractivity contribution is 0.605. The normalized spacial score (nSPS) is 13.3. The van der Waals surface area contributed by atoms with E-state index in [0.717, 1.165) is 13.0 Å². The molecule has 0 aliphatic carbocycles. The maximum absolute atomic E-state index is 14.0. The van der Waals surface area contributed by atoms with E-state index in [1.54, 1.807) is 12.1 Å². The number of hydrogen-bond donors (Lipinski definition) is 1. The highest BCUT2D eigenvalue weighted by Crippen LogP contribution is 2.29. The van der Waals surface area contributed by atoms with Crippen molar-refractivity contribution in [1.82, 2.24) is 0 Å². The first-order valence-electron chi connectivity index (χ1n) is 6.56. The molecule has 0 spiro atoms. The Balaban J connectivity index is 1.89. The minimum Gasteiger partial charge on any atom is -0.389 e. The molecule has 0 aromatic heterocycles. The number of nitrogens with zero attached hydrogens (tertiary/aromatic N) is 1. The summed E-state index contributed by atoms with van der Waals surface area (Å²) in [5.41, 5.74) is 9.46. The van der Waals surface area contributed by atoms with E-state index in [2.05, 4.69) is 17.0 Å². The van der Waals surface area contributed by atoms with E-state index in [9.17, 15) is 4.39 Å². The van der Waals surface area contributed by atoms with E-state index in [4.69, 9.17) is 18.0 Å². The van der Waals surface area contributed by atoms with Crippen molar-refractivity contribution in [1.29, 1.82) is 0 Å². The number of anilines is 1. The average Bonchev–Trinajstić information content (AvgIpc) is 2.84. The molecule has 2 aromatic carbocycles. The number of benzene rings is 2. The number of fused-ring (bicyclic) bond motifs is 1. The molecule has 0 atom stereocenters. The summed E-state index contributed by atoms with van der Waals surface area (Å²) in [5, 5.41) is 0. The third-order valence-corrected chi connectivity index (χ3v) is 3.91. The van der Waals surface area contributed by atoms with Crippen molar-refractivity contribution in [2.45, 2.75) is 13.0 Å². The van der Waals surface area contributed by atoms with Crippen LogP contribution in [0.3, 0.4) is 0 Å². The highest BCUT2D eigenvalue weighted by atomic mass is 32.1. The summed E-state index contributed by atoms with van der Waals surface area (Å²) in [6, 6.07) is 13.1. The van der Waals surface area contributed by atoms with Crippen molar-refractivity contribution >= 4 is 22.9 Å². The Hall–Kier alpha value is -1.94. The zero-order valence-electron chi connectivity index (χ0n) is 11.0. The van der Waals surface area contributed by atoms with Gasteiger partial charge in [0.15, 0.2) is 0 Å². The Morgan fingerprint density at radius 1 is 1.25 bits per heavy atom. The molecule has 0 saturated heterocycles. The van der Waals surface area contributed by atoms with Gasteiger partial charge in [-0.1, -0.05) is 30.4 Å². The molecule has 0 radical (unpaired) electrons. The second kappa shape index (κ2) is 5.21. The fourth-order valence-electron chi connectivity index (χ4n) is 2.63. The van der Waals surface area contributed by atoms with Crippen molar-refractivity contribution in [2.24, 2.45) is 5.73 Å². The molecule has 0 unspecified atom stereocenters. The molecule has 3 rings (SSSR count). The topological polar surface area (TPSA) is 29.3 Å². The summed E-state index contributed by atoms with van der Waals surface area (Å²) >= 11 is 4.95. The van der Waals surface area contributed by atoms with Crippen LogP contribution in [0.5, 0.6) is 0 Å². The summed E-state index contributed by atoms with van der Waals surface area (Å²) in [4.78, 5) is 2.49. The molecule has 1 aliphatic heterocycles. The van der Waals surface area contributed by atoms with Gasteiger partial charge in [0.1, 0.15) is 10.8 Å². The van der Waals surface area contributed by atoms with Crippen molar-refractivity contribution in [3.63, 3.8) is 0 Å². The second-order valence-corrected chi connectivity index (χ2v) is 5.41. The maximum Gasteiger partial charge on any atom is 0.128 e. The van der Waals surface area contributed by atoms with Crippen LogP contribution < -0.4 is 10.6 Å². The molecule has 0 amide bonds. The number of nitrogens with two attached hydrogens (primary N) is 1. The van der Waals surface area contributed by atoms with Crippen LogP contribution in [0.1, 0.15) is 16.7 Å². The Morgan fingerprint density at radius 2 is 2.05 bits per heavy atom. The van der Waals surface area contributed by atoms with Gasteiger partial charge in [-0.15, -0.1) is 0 Å². The van der Waals surface area contributed by atoms with Crippen molar-refractivity contribution < 1.29 is 4.39 Å². The van der Waals surface area contributed by atoms with Gasteiger partial charge in [-0.3, -0.25) is 0 Å². The quantitative estimate of drug-likeness (QED) is 0.879. The molecular formula is C16H15FN2S. The Bertz CT molecular complexity index is 669. The molecule has 4 heteroatoms. The summed E-state index contributed by atoms with van der Waals surface area (Å²) in [6.07, 6.45) is 1.01. The van der Waals surface area contributed by atoms with E-state index < -0.39 is 0 Å². The van der Waals surface area contributed by atoms with Crippen molar-refractivity contribution in [3.8, 4) is 0 Å². The van der Waals surface area contributed by atoms with Crippen LogP contribution in [0.25, 0.3) is 0 Å². The SMILES string of the molecule is NC(=S)c1ccc(F)c(CN2CCc3ccccc32)c1. The summed E-state index contributed by atoms with van der Waals surface area (Å²) in [6.45, 7) is 1.45. The van der Waals surface area contributed by atoms with Gasteiger partial charge in [0.25, 0.3) is 0 Å². The summed E-state index contributed by atoms with van der Waals surface area (Å²) in [7, 11) is 0. The van der Waals surface area contributed by atoms with Gasteiger partial charge >= 0.3 is 0 Å². The Kier molecular flexibility index (Phi) is 3.40. The van der Waals surface area contributed by atoms with Crippen molar-refractivity contribution in [3.05, 3.63) is 65.0 Å².